The second kappa shape index (κ2) is 7.97. The molecule has 2 rings (SSSR count). The first-order valence-corrected chi connectivity index (χ1v) is 8.12. The fraction of sp³-hybridized carbons (Fsp3) is 0.765. The molecule has 0 spiro atoms. The Kier molecular flexibility index (Phi) is 6.27. The van der Waals surface area contributed by atoms with Crippen molar-refractivity contribution in [3.05, 3.63) is 23.7 Å². The molecular weight excluding hydrogens is 264 g/mol. The smallest absolute Gasteiger partial charge is 0.118 e. The lowest BCUT2D eigenvalue weighted by atomic mass is 10.1. The van der Waals surface area contributed by atoms with E-state index in [9.17, 15) is 0 Å². The largest absolute Gasteiger partial charge is 0.468 e. The van der Waals surface area contributed by atoms with E-state index < -0.39 is 0 Å². The van der Waals surface area contributed by atoms with Gasteiger partial charge in [0.1, 0.15) is 5.76 Å². The average Bonchev–Trinajstić information content (AvgIpc) is 3.21. The number of nitrogens with one attached hydrogen (secondary N) is 1. The minimum atomic E-state index is 0.497. The number of rotatable bonds is 10. The molecule has 0 saturated heterocycles. The van der Waals surface area contributed by atoms with Gasteiger partial charge in [-0.1, -0.05) is 13.8 Å². The van der Waals surface area contributed by atoms with Crippen molar-refractivity contribution in [1.82, 2.24) is 10.2 Å². The quantitative estimate of drug-likeness (QED) is 0.720. The standard InChI is InChI=1S/C17H30N2O2/c1-13(2)18-10-15-9-17(21-12-15)11-19(7-8-20-4)14(3)16-5-6-16/h9,12-14,16,18H,5-8,10-11H2,1-4H3. The van der Waals surface area contributed by atoms with Gasteiger partial charge in [-0.05, 0) is 31.7 Å². The maximum atomic E-state index is 5.74. The minimum Gasteiger partial charge on any atom is -0.468 e. The van der Waals surface area contributed by atoms with Gasteiger partial charge in [0.2, 0.25) is 0 Å². The summed E-state index contributed by atoms with van der Waals surface area (Å²) in [7, 11) is 1.77. The number of furan rings is 1. The van der Waals surface area contributed by atoms with Crippen molar-refractivity contribution in [2.75, 3.05) is 20.3 Å². The van der Waals surface area contributed by atoms with Crippen molar-refractivity contribution < 1.29 is 9.15 Å². The highest BCUT2D eigenvalue weighted by Gasteiger charge is 2.32. The van der Waals surface area contributed by atoms with Crippen molar-refractivity contribution in [3.63, 3.8) is 0 Å². The van der Waals surface area contributed by atoms with Crippen LogP contribution in [0.3, 0.4) is 0 Å². The molecule has 0 radical (unpaired) electrons. The Balaban J connectivity index is 1.89. The monoisotopic (exact) mass is 294 g/mol. The van der Waals surface area contributed by atoms with Crippen LogP contribution in [0.2, 0.25) is 0 Å². The van der Waals surface area contributed by atoms with Gasteiger partial charge in [0.15, 0.2) is 0 Å². The fourth-order valence-electron chi connectivity index (χ4n) is 2.64. The average molecular weight is 294 g/mol. The topological polar surface area (TPSA) is 37.6 Å². The van der Waals surface area contributed by atoms with Gasteiger partial charge in [0, 0.05) is 37.8 Å². The van der Waals surface area contributed by atoms with Crippen LogP contribution in [0.1, 0.15) is 44.9 Å². The van der Waals surface area contributed by atoms with E-state index in [-0.39, 0.29) is 0 Å². The molecule has 120 valence electrons. The first-order valence-electron chi connectivity index (χ1n) is 8.12. The summed E-state index contributed by atoms with van der Waals surface area (Å²) in [5, 5.41) is 3.42. The summed E-state index contributed by atoms with van der Waals surface area (Å²) in [4.78, 5) is 2.49. The maximum absolute atomic E-state index is 5.74. The molecule has 1 aromatic heterocycles. The SMILES string of the molecule is COCCN(Cc1cc(CNC(C)C)co1)C(C)C1CC1. The predicted octanol–water partition coefficient (Wildman–Crippen LogP) is 3.02. The van der Waals surface area contributed by atoms with Gasteiger partial charge in [0.05, 0.1) is 19.4 Å². The van der Waals surface area contributed by atoms with E-state index in [2.05, 4.69) is 37.1 Å². The van der Waals surface area contributed by atoms with Crippen LogP contribution in [0.25, 0.3) is 0 Å². The van der Waals surface area contributed by atoms with Crippen LogP contribution in [-0.2, 0) is 17.8 Å². The minimum absolute atomic E-state index is 0.497. The van der Waals surface area contributed by atoms with Crippen molar-refractivity contribution in [1.29, 1.82) is 0 Å². The van der Waals surface area contributed by atoms with Crippen molar-refractivity contribution in [2.24, 2.45) is 5.92 Å². The second-order valence-corrected chi connectivity index (χ2v) is 6.50. The van der Waals surface area contributed by atoms with Crippen LogP contribution < -0.4 is 5.32 Å². The van der Waals surface area contributed by atoms with E-state index in [4.69, 9.17) is 9.15 Å². The summed E-state index contributed by atoms with van der Waals surface area (Å²) in [5.41, 5.74) is 1.23. The Morgan fingerprint density at radius 2 is 2.14 bits per heavy atom. The van der Waals surface area contributed by atoms with Gasteiger partial charge >= 0.3 is 0 Å². The Hall–Kier alpha value is -0.840. The van der Waals surface area contributed by atoms with E-state index in [0.717, 1.165) is 37.9 Å². The number of nitrogens with zero attached hydrogens (tertiary/aromatic N) is 1. The van der Waals surface area contributed by atoms with Crippen molar-refractivity contribution >= 4 is 0 Å². The van der Waals surface area contributed by atoms with Gasteiger partial charge < -0.3 is 14.5 Å². The van der Waals surface area contributed by atoms with Crippen LogP contribution in [0.15, 0.2) is 16.7 Å². The molecule has 4 nitrogen and oxygen atoms in total. The normalized spacial score (nSPS) is 16.9. The molecular formula is C17H30N2O2. The summed E-state index contributed by atoms with van der Waals surface area (Å²) in [6, 6.07) is 3.29. The molecule has 1 aromatic rings. The van der Waals surface area contributed by atoms with Gasteiger partial charge in [-0.3, -0.25) is 4.90 Å². The molecule has 21 heavy (non-hydrogen) atoms. The van der Waals surface area contributed by atoms with E-state index in [1.54, 1.807) is 7.11 Å². The van der Waals surface area contributed by atoms with Crippen molar-refractivity contribution in [3.8, 4) is 0 Å². The Bertz CT molecular complexity index is 413. The van der Waals surface area contributed by atoms with E-state index in [0.29, 0.717) is 12.1 Å². The molecule has 1 aliphatic rings. The lowest BCUT2D eigenvalue weighted by molar-refractivity contribution is 0.106. The summed E-state index contributed by atoms with van der Waals surface area (Å²) >= 11 is 0. The first-order chi connectivity index (χ1) is 10.1. The molecule has 1 fully saturated rings. The molecule has 0 amide bonds. The zero-order chi connectivity index (χ0) is 15.2. The molecule has 1 N–H and O–H groups in total. The molecule has 1 atom stereocenters. The van der Waals surface area contributed by atoms with E-state index in [1.807, 2.05) is 6.26 Å². The summed E-state index contributed by atoms with van der Waals surface area (Å²) in [6.45, 7) is 10.1. The highest BCUT2D eigenvalue weighted by Crippen LogP contribution is 2.35. The van der Waals surface area contributed by atoms with Gasteiger partial charge in [-0.15, -0.1) is 0 Å². The first kappa shape index (κ1) is 16.5. The highest BCUT2D eigenvalue weighted by atomic mass is 16.5. The number of methoxy groups -OCH3 is 1. The Morgan fingerprint density at radius 1 is 1.38 bits per heavy atom. The predicted molar refractivity (Wildman–Crippen MR) is 85.2 cm³/mol. The molecule has 1 heterocycles. The molecule has 0 aromatic carbocycles. The van der Waals surface area contributed by atoms with E-state index >= 15 is 0 Å². The second-order valence-electron chi connectivity index (χ2n) is 6.50. The lowest BCUT2D eigenvalue weighted by Gasteiger charge is -2.28. The Morgan fingerprint density at radius 3 is 2.76 bits per heavy atom. The fourth-order valence-corrected chi connectivity index (χ4v) is 2.64. The molecule has 1 saturated carbocycles. The molecule has 0 aliphatic heterocycles. The third kappa shape index (κ3) is 5.46. The Labute approximate surface area is 128 Å². The van der Waals surface area contributed by atoms with E-state index in [1.165, 1.54) is 18.4 Å². The number of hydrogen-bond acceptors (Lipinski definition) is 4. The van der Waals surface area contributed by atoms with Gasteiger partial charge in [0.25, 0.3) is 0 Å². The number of hydrogen-bond donors (Lipinski definition) is 1. The zero-order valence-electron chi connectivity index (χ0n) is 13.9. The zero-order valence-corrected chi connectivity index (χ0v) is 13.9. The summed E-state index contributed by atoms with van der Waals surface area (Å²) < 4.78 is 11.0. The lowest BCUT2D eigenvalue weighted by Crippen LogP contribution is -2.36. The molecule has 4 heteroatoms. The van der Waals surface area contributed by atoms with Crippen molar-refractivity contribution in [2.45, 2.75) is 58.8 Å². The van der Waals surface area contributed by atoms with Crippen LogP contribution in [0, 0.1) is 5.92 Å². The van der Waals surface area contributed by atoms with Crippen LogP contribution in [0.5, 0.6) is 0 Å². The van der Waals surface area contributed by atoms with Crippen LogP contribution >= 0.6 is 0 Å². The third-order valence-corrected chi connectivity index (χ3v) is 4.24. The van der Waals surface area contributed by atoms with Gasteiger partial charge in [-0.25, -0.2) is 0 Å². The molecule has 1 unspecified atom stereocenters. The molecule has 1 aliphatic carbocycles. The van der Waals surface area contributed by atoms with Crippen LogP contribution in [0.4, 0.5) is 0 Å². The third-order valence-electron chi connectivity index (χ3n) is 4.24. The van der Waals surface area contributed by atoms with Gasteiger partial charge in [-0.2, -0.15) is 0 Å². The summed E-state index contributed by atoms with van der Waals surface area (Å²) in [6.07, 6.45) is 4.61. The highest BCUT2D eigenvalue weighted by molar-refractivity contribution is 5.13. The maximum Gasteiger partial charge on any atom is 0.118 e. The number of ether oxygens (including phenoxy) is 1. The summed E-state index contributed by atoms with van der Waals surface area (Å²) in [5.74, 6) is 1.91. The van der Waals surface area contributed by atoms with Crippen LogP contribution in [-0.4, -0.2) is 37.2 Å². The molecule has 0 bridgehead atoms.